The Kier molecular flexibility index (Phi) is 16.1. The van der Waals surface area contributed by atoms with Crippen LogP contribution >= 0.6 is 0 Å². The van der Waals surface area contributed by atoms with Crippen molar-refractivity contribution in [2.45, 2.75) is 84.5 Å². The number of carbonyl (C=O) groups excluding carboxylic acids is 2. The minimum Gasteiger partial charge on any atom is -0.463 e. The molecule has 0 unspecified atom stereocenters. The molecule has 4 nitrogen and oxygen atoms in total. The van der Waals surface area contributed by atoms with Crippen LogP contribution in [0.4, 0.5) is 0 Å². The fraction of sp³-hybridized carbons (Fsp3) is 0.789. The Labute approximate surface area is 141 Å². The minimum absolute atomic E-state index is 0.372. The van der Waals surface area contributed by atoms with Gasteiger partial charge in [0.25, 0.3) is 0 Å². The molecule has 0 aromatic heterocycles. The highest BCUT2D eigenvalue weighted by Crippen LogP contribution is 2.10. The van der Waals surface area contributed by atoms with Crippen LogP contribution in [0.5, 0.6) is 0 Å². The predicted octanol–water partition coefficient (Wildman–Crippen LogP) is 4.96. The average Bonchev–Trinajstić information content (AvgIpc) is 2.56. The molecule has 0 radical (unpaired) electrons. The summed E-state index contributed by atoms with van der Waals surface area (Å²) in [5.41, 5.74) is 0. The molecule has 0 saturated carbocycles. The molecule has 4 heteroatoms. The second-order valence-electron chi connectivity index (χ2n) is 5.85. The molecule has 0 rings (SSSR count). The van der Waals surface area contributed by atoms with Crippen molar-refractivity contribution in [1.29, 1.82) is 0 Å². The number of hydrogen-bond acceptors (Lipinski definition) is 4. The van der Waals surface area contributed by atoms with Crippen LogP contribution in [0, 0.1) is 0 Å². The summed E-state index contributed by atoms with van der Waals surface area (Å²) in [4.78, 5) is 22.5. The largest absolute Gasteiger partial charge is 0.463 e. The van der Waals surface area contributed by atoms with E-state index in [0.29, 0.717) is 13.2 Å². The van der Waals surface area contributed by atoms with Gasteiger partial charge in [0.2, 0.25) is 0 Å². The lowest BCUT2D eigenvalue weighted by atomic mass is 10.1. The maximum atomic E-state index is 11.4. The Bertz CT molecular complexity index is 323. The Morgan fingerprint density at radius 3 is 1.52 bits per heavy atom. The number of carbonyl (C=O) groups is 2. The van der Waals surface area contributed by atoms with Crippen LogP contribution in [0.15, 0.2) is 12.2 Å². The Balaban J connectivity index is 3.35. The molecule has 0 aromatic carbocycles. The van der Waals surface area contributed by atoms with Gasteiger partial charge >= 0.3 is 11.9 Å². The molecule has 0 aliphatic rings. The third kappa shape index (κ3) is 16.9. The molecule has 23 heavy (non-hydrogen) atoms. The van der Waals surface area contributed by atoms with Crippen LogP contribution in [0.1, 0.15) is 84.5 Å². The first-order valence-electron chi connectivity index (χ1n) is 9.22. The molecule has 0 amide bonds. The summed E-state index contributed by atoms with van der Waals surface area (Å²) in [5.74, 6) is -0.975. The van der Waals surface area contributed by atoms with Gasteiger partial charge in [0, 0.05) is 12.2 Å². The first-order valence-corrected chi connectivity index (χ1v) is 9.22. The predicted molar refractivity (Wildman–Crippen MR) is 93.2 cm³/mol. The molecule has 0 spiro atoms. The fourth-order valence-corrected chi connectivity index (χ4v) is 2.20. The Morgan fingerprint density at radius 1 is 0.609 bits per heavy atom. The van der Waals surface area contributed by atoms with Gasteiger partial charge in [-0.2, -0.15) is 0 Å². The molecule has 0 N–H and O–H groups in total. The van der Waals surface area contributed by atoms with Gasteiger partial charge in [0.15, 0.2) is 0 Å². The Morgan fingerprint density at radius 2 is 1.04 bits per heavy atom. The van der Waals surface area contributed by atoms with Crippen molar-refractivity contribution >= 4 is 11.9 Å². The monoisotopic (exact) mass is 326 g/mol. The van der Waals surface area contributed by atoms with E-state index in [4.69, 9.17) is 9.47 Å². The SMILES string of the molecule is CCCCCCCCCCCCOC(=O)/C=C/C(=O)OCCC. The van der Waals surface area contributed by atoms with Crippen molar-refractivity contribution in [1.82, 2.24) is 0 Å². The maximum Gasteiger partial charge on any atom is 0.331 e. The van der Waals surface area contributed by atoms with E-state index in [1.54, 1.807) is 0 Å². The zero-order chi connectivity index (χ0) is 17.2. The van der Waals surface area contributed by atoms with E-state index in [9.17, 15) is 9.59 Å². The Hall–Kier alpha value is -1.32. The van der Waals surface area contributed by atoms with Crippen LogP contribution in [0.3, 0.4) is 0 Å². The third-order valence-electron chi connectivity index (χ3n) is 3.55. The summed E-state index contributed by atoms with van der Waals surface area (Å²) >= 11 is 0. The topological polar surface area (TPSA) is 52.6 Å². The molecule has 0 heterocycles. The van der Waals surface area contributed by atoms with Gasteiger partial charge in [0.1, 0.15) is 0 Å². The van der Waals surface area contributed by atoms with Gasteiger partial charge in [-0.15, -0.1) is 0 Å². The van der Waals surface area contributed by atoms with Crippen molar-refractivity contribution < 1.29 is 19.1 Å². The molecule has 0 aliphatic carbocycles. The summed E-state index contributed by atoms with van der Waals surface area (Å²) in [6.07, 6.45) is 15.5. The number of rotatable bonds is 15. The zero-order valence-corrected chi connectivity index (χ0v) is 15.0. The molecular formula is C19H34O4. The van der Waals surface area contributed by atoms with Gasteiger partial charge in [-0.05, 0) is 12.8 Å². The van der Waals surface area contributed by atoms with Gasteiger partial charge in [0.05, 0.1) is 13.2 Å². The van der Waals surface area contributed by atoms with E-state index in [2.05, 4.69) is 6.92 Å². The van der Waals surface area contributed by atoms with E-state index in [0.717, 1.165) is 31.4 Å². The summed E-state index contributed by atoms with van der Waals surface area (Å²) in [7, 11) is 0. The van der Waals surface area contributed by atoms with Crippen molar-refractivity contribution in [3.8, 4) is 0 Å². The van der Waals surface area contributed by atoms with Crippen molar-refractivity contribution in [3.05, 3.63) is 12.2 Å². The van der Waals surface area contributed by atoms with Crippen LogP contribution in [-0.2, 0) is 19.1 Å². The standard InChI is InChI=1S/C19H34O4/c1-3-5-6-7-8-9-10-11-12-13-17-23-19(21)15-14-18(20)22-16-4-2/h14-15H,3-13,16-17H2,1-2H3/b15-14+. The molecule has 0 bridgehead atoms. The quantitative estimate of drug-likeness (QED) is 0.242. The average molecular weight is 326 g/mol. The first-order chi connectivity index (χ1) is 11.2. The highest BCUT2D eigenvalue weighted by Gasteiger charge is 2.00. The van der Waals surface area contributed by atoms with Crippen molar-refractivity contribution in [3.63, 3.8) is 0 Å². The van der Waals surface area contributed by atoms with E-state index >= 15 is 0 Å². The summed E-state index contributed by atoms with van der Waals surface area (Å²) in [5, 5.41) is 0. The van der Waals surface area contributed by atoms with Gasteiger partial charge in [-0.1, -0.05) is 71.6 Å². The molecule has 0 aliphatic heterocycles. The van der Waals surface area contributed by atoms with Gasteiger partial charge < -0.3 is 9.47 Å². The molecular weight excluding hydrogens is 292 g/mol. The summed E-state index contributed by atoms with van der Waals surface area (Å²) in [6.45, 7) is 4.94. The van der Waals surface area contributed by atoms with Crippen LogP contribution in [0.2, 0.25) is 0 Å². The first kappa shape index (κ1) is 21.7. The molecule has 134 valence electrons. The van der Waals surface area contributed by atoms with Gasteiger partial charge in [-0.3, -0.25) is 0 Å². The highest BCUT2D eigenvalue weighted by atomic mass is 16.5. The summed E-state index contributed by atoms with van der Waals surface area (Å²) in [6, 6.07) is 0. The van der Waals surface area contributed by atoms with E-state index < -0.39 is 11.9 Å². The number of unbranched alkanes of at least 4 members (excludes halogenated alkanes) is 9. The number of ether oxygens (including phenoxy) is 2. The second kappa shape index (κ2) is 17.0. The van der Waals surface area contributed by atoms with Crippen molar-refractivity contribution in [2.24, 2.45) is 0 Å². The molecule has 0 aromatic rings. The molecule has 0 atom stereocenters. The van der Waals surface area contributed by atoms with Gasteiger partial charge in [-0.25, -0.2) is 9.59 Å². The minimum atomic E-state index is -0.497. The normalized spacial score (nSPS) is 10.9. The van der Waals surface area contributed by atoms with E-state index in [-0.39, 0.29) is 0 Å². The third-order valence-corrected chi connectivity index (χ3v) is 3.55. The van der Waals surface area contributed by atoms with E-state index in [1.165, 1.54) is 51.4 Å². The maximum absolute atomic E-state index is 11.4. The van der Waals surface area contributed by atoms with Crippen LogP contribution in [0.25, 0.3) is 0 Å². The lowest BCUT2D eigenvalue weighted by Crippen LogP contribution is -2.05. The summed E-state index contributed by atoms with van der Waals surface area (Å²) < 4.78 is 9.85. The highest BCUT2D eigenvalue weighted by molar-refractivity contribution is 5.91. The number of hydrogen-bond donors (Lipinski definition) is 0. The number of esters is 2. The van der Waals surface area contributed by atoms with Crippen LogP contribution < -0.4 is 0 Å². The lowest BCUT2D eigenvalue weighted by molar-refractivity contribution is -0.140. The van der Waals surface area contributed by atoms with Crippen molar-refractivity contribution in [2.75, 3.05) is 13.2 Å². The van der Waals surface area contributed by atoms with Crippen LogP contribution in [-0.4, -0.2) is 25.2 Å². The second-order valence-corrected chi connectivity index (χ2v) is 5.85. The zero-order valence-electron chi connectivity index (χ0n) is 15.0. The fourth-order valence-electron chi connectivity index (χ4n) is 2.20. The van der Waals surface area contributed by atoms with E-state index in [1.807, 2.05) is 6.92 Å². The smallest absolute Gasteiger partial charge is 0.331 e. The molecule has 0 saturated heterocycles. The molecule has 0 fully saturated rings. The lowest BCUT2D eigenvalue weighted by Gasteiger charge is -2.03.